The lowest BCUT2D eigenvalue weighted by Crippen LogP contribution is -2.47. The van der Waals surface area contributed by atoms with Gasteiger partial charge in [0.25, 0.3) is 0 Å². The Labute approximate surface area is 95.3 Å². The molecule has 2 aliphatic rings. The first-order valence-corrected chi connectivity index (χ1v) is 5.85. The highest BCUT2D eigenvalue weighted by Crippen LogP contribution is 2.21. The molecule has 0 aliphatic carbocycles. The van der Waals surface area contributed by atoms with Crippen LogP contribution in [0.4, 0.5) is 0 Å². The van der Waals surface area contributed by atoms with Gasteiger partial charge in [-0.2, -0.15) is 0 Å². The highest BCUT2D eigenvalue weighted by atomic mass is 16.7. The molecule has 0 spiro atoms. The summed E-state index contributed by atoms with van der Waals surface area (Å²) in [6, 6.07) is 0. The Kier molecular flexibility index (Phi) is 3.73. The van der Waals surface area contributed by atoms with Gasteiger partial charge in [-0.15, -0.1) is 0 Å². The maximum atomic E-state index is 10.5. The Hall–Kier alpha value is -0.720. The fourth-order valence-electron chi connectivity index (χ4n) is 2.29. The van der Waals surface area contributed by atoms with E-state index in [-0.39, 0.29) is 11.0 Å². The van der Waals surface area contributed by atoms with Crippen molar-refractivity contribution in [2.75, 3.05) is 39.8 Å². The van der Waals surface area contributed by atoms with Crippen molar-refractivity contribution in [1.29, 1.82) is 0 Å². The van der Waals surface area contributed by atoms with Crippen molar-refractivity contribution in [2.45, 2.75) is 25.2 Å². The van der Waals surface area contributed by atoms with E-state index < -0.39 is 6.23 Å². The molecule has 16 heavy (non-hydrogen) atoms. The zero-order valence-electron chi connectivity index (χ0n) is 9.67. The first kappa shape index (κ1) is 11.8. The molecule has 0 N–H and O–H groups in total. The van der Waals surface area contributed by atoms with E-state index in [4.69, 9.17) is 4.74 Å². The Morgan fingerprint density at radius 3 is 2.56 bits per heavy atom. The number of hydrogen-bond acceptors (Lipinski definition) is 5. The molecule has 0 radical (unpaired) electrons. The van der Waals surface area contributed by atoms with Gasteiger partial charge in [0.05, 0.1) is 11.0 Å². The number of nitro groups is 1. The summed E-state index contributed by atoms with van der Waals surface area (Å²) in [6.45, 7) is 5.08. The Bertz CT molecular complexity index is 254. The summed E-state index contributed by atoms with van der Waals surface area (Å²) in [6.07, 6.45) is 0.667. The Morgan fingerprint density at radius 1 is 1.31 bits per heavy atom. The van der Waals surface area contributed by atoms with Crippen LogP contribution in [-0.2, 0) is 4.74 Å². The predicted octanol–water partition coefficient (Wildman–Crippen LogP) is 0.0156. The third kappa shape index (κ3) is 2.90. The molecule has 2 saturated heterocycles. The van der Waals surface area contributed by atoms with Gasteiger partial charge in [-0.05, 0) is 13.5 Å². The van der Waals surface area contributed by atoms with Gasteiger partial charge in [0.1, 0.15) is 0 Å². The predicted molar refractivity (Wildman–Crippen MR) is 58.8 cm³/mol. The number of piperazine rings is 1. The number of nitrogens with zero attached hydrogens (tertiary/aromatic N) is 3. The van der Waals surface area contributed by atoms with Crippen molar-refractivity contribution in [1.82, 2.24) is 9.80 Å². The molecule has 0 unspecified atom stereocenters. The summed E-state index contributed by atoms with van der Waals surface area (Å²) < 4.78 is 5.40. The fourth-order valence-corrected chi connectivity index (χ4v) is 2.29. The monoisotopic (exact) mass is 229 g/mol. The Balaban J connectivity index is 1.73. The number of hydrogen-bond donors (Lipinski definition) is 0. The molecule has 2 atom stereocenters. The molecule has 2 fully saturated rings. The van der Waals surface area contributed by atoms with Gasteiger partial charge in [-0.3, -0.25) is 15.0 Å². The molecule has 0 amide bonds. The zero-order valence-corrected chi connectivity index (χ0v) is 9.67. The summed E-state index contributed by atoms with van der Waals surface area (Å²) in [5.41, 5.74) is 0. The minimum atomic E-state index is -0.766. The van der Waals surface area contributed by atoms with E-state index in [9.17, 15) is 10.1 Å². The SMILES string of the molecule is CN1CCN(C[C@@H]2CC[C@@H]([N+](=O)[O-])O2)CC1. The minimum Gasteiger partial charge on any atom is -0.312 e. The highest BCUT2D eigenvalue weighted by Gasteiger charge is 2.34. The fraction of sp³-hybridized carbons (Fsp3) is 1.00. The van der Waals surface area contributed by atoms with Crippen LogP contribution >= 0.6 is 0 Å². The lowest BCUT2D eigenvalue weighted by atomic mass is 10.2. The average Bonchev–Trinajstić information content (AvgIpc) is 2.70. The van der Waals surface area contributed by atoms with E-state index in [0.29, 0.717) is 6.42 Å². The molecule has 6 heteroatoms. The van der Waals surface area contributed by atoms with Crippen molar-refractivity contribution in [3.63, 3.8) is 0 Å². The van der Waals surface area contributed by atoms with Crippen LogP contribution in [0.5, 0.6) is 0 Å². The second-order valence-electron chi connectivity index (χ2n) is 4.68. The molecule has 0 bridgehead atoms. The van der Waals surface area contributed by atoms with E-state index >= 15 is 0 Å². The smallest absolute Gasteiger partial charge is 0.312 e. The summed E-state index contributed by atoms with van der Waals surface area (Å²) >= 11 is 0. The van der Waals surface area contributed by atoms with E-state index in [1.807, 2.05) is 0 Å². The second kappa shape index (κ2) is 5.07. The standard InChI is InChI=1S/C10H19N3O3/c1-11-4-6-12(7-5-11)8-9-2-3-10(16-9)13(14)15/h9-10H,2-8H2,1H3/t9-,10-/m0/s1. The van der Waals surface area contributed by atoms with E-state index in [0.717, 1.165) is 39.1 Å². The van der Waals surface area contributed by atoms with E-state index in [2.05, 4.69) is 16.8 Å². The molecule has 0 aromatic carbocycles. The largest absolute Gasteiger partial charge is 0.315 e. The molecule has 92 valence electrons. The topological polar surface area (TPSA) is 58.9 Å². The van der Waals surface area contributed by atoms with Crippen LogP contribution in [0.15, 0.2) is 0 Å². The molecular weight excluding hydrogens is 210 g/mol. The third-order valence-electron chi connectivity index (χ3n) is 3.38. The molecule has 0 saturated carbocycles. The van der Waals surface area contributed by atoms with Crippen LogP contribution in [-0.4, -0.2) is 66.8 Å². The number of likely N-dealkylation sites (N-methyl/N-ethyl adjacent to an activating group) is 1. The molecule has 2 rings (SSSR count). The van der Waals surface area contributed by atoms with Gasteiger partial charge < -0.3 is 9.64 Å². The first-order valence-electron chi connectivity index (χ1n) is 5.85. The van der Waals surface area contributed by atoms with Gasteiger partial charge in [0.2, 0.25) is 0 Å². The van der Waals surface area contributed by atoms with Crippen molar-refractivity contribution in [3.8, 4) is 0 Å². The van der Waals surface area contributed by atoms with Crippen LogP contribution in [0.25, 0.3) is 0 Å². The van der Waals surface area contributed by atoms with Gasteiger partial charge in [-0.1, -0.05) is 0 Å². The molecule has 0 aromatic rings. The number of ether oxygens (including phenoxy) is 1. The summed E-state index contributed by atoms with van der Waals surface area (Å²) in [5.74, 6) is 0. The lowest BCUT2D eigenvalue weighted by molar-refractivity contribution is -0.571. The normalized spacial score (nSPS) is 33.1. The Morgan fingerprint density at radius 2 is 2.00 bits per heavy atom. The zero-order chi connectivity index (χ0) is 11.5. The summed E-state index contributed by atoms with van der Waals surface area (Å²) in [4.78, 5) is 14.9. The average molecular weight is 229 g/mol. The summed E-state index contributed by atoms with van der Waals surface area (Å²) in [7, 11) is 2.12. The molecule has 2 heterocycles. The van der Waals surface area contributed by atoms with Gasteiger partial charge >= 0.3 is 6.23 Å². The van der Waals surface area contributed by atoms with Crippen molar-refractivity contribution in [3.05, 3.63) is 10.1 Å². The van der Waals surface area contributed by atoms with Crippen molar-refractivity contribution in [2.24, 2.45) is 0 Å². The molecule has 0 aromatic heterocycles. The molecular formula is C10H19N3O3. The second-order valence-corrected chi connectivity index (χ2v) is 4.68. The third-order valence-corrected chi connectivity index (χ3v) is 3.38. The maximum absolute atomic E-state index is 10.5. The van der Waals surface area contributed by atoms with Gasteiger partial charge in [-0.25, -0.2) is 0 Å². The number of rotatable bonds is 3. The van der Waals surface area contributed by atoms with E-state index in [1.165, 1.54) is 0 Å². The summed E-state index contributed by atoms with van der Waals surface area (Å²) in [5, 5.41) is 10.5. The van der Waals surface area contributed by atoms with Crippen LogP contribution in [0, 0.1) is 10.1 Å². The van der Waals surface area contributed by atoms with Crippen LogP contribution in [0.1, 0.15) is 12.8 Å². The lowest BCUT2D eigenvalue weighted by Gasteiger charge is -2.33. The van der Waals surface area contributed by atoms with Crippen molar-refractivity contribution < 1.29 is 9.66 Å². The minimum absolute atomic E-state index is 0.0545. The van der Waals surface area contributed by atoms with Crippen LogP contribution in [0.3, 0.4) is 0 Å². The maximum Gasteiger partial charge on any atom is 0.315 e. The first-order chi connectivity index (χ1) is 7.65. The van der Waals surface area contributed by atoms with Crippen LogP contribution in [0.2, 0.25) is 0 Å². The van der Waals surface area contributed by atoms with E-state index in [1.54, 1.807) is 0 Å². The van der Waals surface area contributed by atoms with Gasteiger partial charge in [0, 0.05) is 39.1 Å². The van der Waals surface area contributed by atoms with Crippen molar-refractivity contribution >= 4 is 0 Å². The van der Waals surface area contributed by atoms with Gasteiger partial charge in [0.15, 0.2) is 0 Å². The molecule has 2 aliphatic heterocycles. The highest BCUT2D eigenvalue weighted by molar-refractivity contribution is 4.76. The molecule has 6 nitrogen and oxygen atoms in total. The van der Waals surface area contributed by atoms with Crippen LogP contribution < -0.4 is 0 Å². The quantitative estimate of drug-likeness (QED) is 0.504.